The zero-order valence-corrected chi connectivity index (χ0v) is 12.0. The molecule has 1 rings (SSSR count). The third-order valence-electron chi connectivity index (χ3n) is 2.39. The topological polar surface area (TPSA) is 52.6 Å². The molecule has 0 atom stereocenters. The number of ether oxygens (including phenoxy) is 2. The molecule has 5 heteroatoms. The highest BCUT2D eigenvalue weighted by Gasteiger charge is 2.14. The Labute approximate surface area is 114 Å². The Morgan fingerprint density at radius 1 is 1.33 bits per heavy atom. The van der Waals surface area contributed by atoms with E-state index < -0.39 is 0 Å². The van der Waals surface area contributed by atoms with Gasteiger partial charge in [-0.3, -0.25) is 4.79 Å². The van der Waals surface area contributed by atoms with Crippen molar-refractivity contribution < 1.29 is 19.1 Å². The fourth-order valence-electron chi connectivity index (χ4n) is 1.52. The second-order valence-electron chi connectivity index (χ2n) is 3.60. The fourth-order valence-corrected chi connectivity index (χ4v) is 1.92. The van der Waals surface area contributed by atoms with E-state index in [1.54, 1.807) is 19.1 Å². The molecule has 0 unspecified atom stereocenters. The molecule has 0 saturated heterocycles. The molecule has 18 heavy (non-hydrogen) atoms. The van der Waals surface area contributed by atoms with Crippen LogP contribution in [0.2, 0.25) is 0 Å². The van der Waals surface area contributed by atoms with Gasteiger partial charge in [-0.1, -0.05) is 15.9 Å². The Kier molecular flexibility index (Phi) is 5.85. The summed E-state index contributed by atoms with van der Waals surface area (Å²) in [4.78, 5) is 22.9. The number of hydrogen-bond donors (Lipinski definition) is 0. The maximum absolute atomic E-state index is 11.7. The third-order valence-corrected chi connectivity index (χ3v) is 2.88. The van der Waals surface area contributed by atoms with Gasteiger partial charge in [0.1, 0.15) is 0 Å². The quantitative estimate of drug-likeness (QED) is 0.784. The number of carbonyl (C=O) groups is 2. The van der Waals surface area contributed by atoms with Crippen LogP contribution in [-0.4, -0.2) is 25.7 Å². The molecule has 0 fully saturated rings. The number of benzene rings is 1. The molecule has 0 aliphatic rings. The molecular weight excluding hydrogens is 300 g/mol. The largest absolute Gasteiger partial charge is 0.469 e. The molecular formula is C13H15BrO4. The van der Waals surface area contributed by atoms with Gasteiger partial charge in [0.2, 0.25) is 0 Å². The number of carbonyl (C=O) groups excluding carboxylic acids is 2. The van der Waals surface area contributed by atoms with Crippen molar-refractivity contribution in [2.75, 3.05) is 13.7 Å². The molecule has 0 saturated carbocycles. The molecule has 0 radical (unpaired) electrons. The van der Waals surface area contributed by atoms with Crippen LogP contribution < -0.4 is 0 Å². The van der Waals surface area contributed by atoms with E-state index in [1.807, 2.05) is 6.07 Å². The van der Waals surface area contributed by atoms with Crippen molar-refractivity contribution in [3.8, 4) is 0 Å². The lowest BCUT2D eigenvalue weighted by Crippen LogP contribution is -2.10. The summed E-state index contributed by atoms with van der Waals surface area (Å²) in [7, 11) is 1.34. The van der Waals surface area contributed by atoms with Gasteiger partial charge < -0.3 is 9.47 Å². The summed E-state index contributed by atoms with van der Waals surface area (Å²) in [5.41, 5.74) is 1.26. The first kappa shape index (κ1) is 14.7. The summed E-state index contributed by atoms with van der Waals surface area (Å²) in [6.45, 7) is 2.08. The molecule has 0 bridgehead atoms. The highest BCUT2D eigenvalue weighted by Crippen LogP contribution is 2.19. The Bertz CT molecular complexity index is 443. The summed E-state index contributed by atoms with van der Waals surface area (Å²) >= 11 is 3.34. The summed E-state index contributed by atoms with van der Waals surface area (Å²) in [6, 6.07) is 5.28. The van der Waals surface area contributed by atoms with E-state index >= 15 is 0 Å². The molecule has 98 valence electrons. The van der Waals surface area contributed by atoms with Crippen LogP contribution in [0.3, 0.4) is 0 Å². The maximum Gasteiger partial charge on any atom is 0.338 e. The zero-order chi connectivity index (χ0) is 13.5. The lowest BCUT2D eigenvalue weighted by atomic mass is 10.0. The lowest BCUT2D eigenvalue weighted by Gasteiger charge is -2.09. The second-order valence-corrected chi connectivity index (χ2v) is 4.51. The molecule has 0 aliphatic heterocycles. The minimum absolute atomic E-state index is 0.235. The molecule has 1 aromatic rings. The van der Waals surface area contributed by atoms with Crippen LogP contribution in [0, 0.1) is 0 Å². The van der Waals surface area contributed by atoms with Crippen molar-refractivity contribution in [2.24, 2.45) is 0 Å². The average molecular weight is 315 g/mol. The van der Waals surface area contributed by atoms with Crippen molar-refractivity contribution >= 4 is 27.9 Å². The van der Waals surface area contributed by atoms with Gasteiger partial charge in [-0.2, -0.15) is 0 Å². The predicted molar refractivity (Wildman–Crippen MR) is 70.4 cm³/mol. The number of aryl methyl sites for hydroxylation is 1. The Morgan fingerprint density at radius 3 is 2.67 bits per heavy atom. The number of hydrogen-bond acceptors (Lipinski definition) is 4. The van der Waals surface area contributed by atoms with Crippen molar-refractivity contribution in [1.29, 1.82) is 0 Å². The smallest absolute Gasteiger partial charge is 0.338 e. The first-order valence-electron chi connectivity index (χ1n) is 5.60. The van der Waals surface area contributed by atoms with Crippen LogP contribution in [0.1, 0.15) is 29.3 Å². The number of esters is 2. The van der Waals surface area contributed by atoms with E-state index in [2.05, 4.69) is 20.7 Å². The highest BCUT2D eigenvalue weighted by atomic mass is 79.9. The standard InChI is InChI=1S/C13H15BrO4/c1-3-18-13(16)11-6-5-10(14)8-9(11)4-7-12(15)17-2/h5-6,8H,3-4,7H2,1-2H3. The molecule has 0 heterocycles. The Hall–Kier alpha value is -1.36. The van der Waals surface area contributed by atoms with Crippen LogP contribution in [0.4, 0.5) is 0 Å². The van der Waals surface area contributed by atoms with E-state index in [-0.39, 0.29) is 18.4 Å². The van der Waals surface area contributed by atoms with Gasteiger partial charge in [-0.05, 0) is 37.1 Å². The summed E-state index contributed by atoms with van der Waals surface area (Å²) in [5, 5.41) is 0. The van der Waals surface area contributed by atoms with Gasteiger partial charge in [0.25, 0.3) is 0 Å². The molecule has 4 nitrogen and oxygen atoms in total. The van der Waals surface area contributed by atoms with Crippen molar-refractivity contribution in [2.45, 2.75) is 19.8 Å². The first-order valence-corrected chi connectivity index (χ1v) is 6.40. The number of halogens is 1. The van der Waals surface area contributed by atoms with Gasteiger partial charge in [0.05, 0.1) is 19.3 Å². The molecule has 1 aromatic carbocycles. The van der Waals surface area contributed by atoms with Crippen molar-refractivity contribution in [3.05, 3.63) is 33.8 Å². The molecule has 0 amide bonds. The minimum Gasteiger partial charge on any atom is -0.469 e. The third kappa shape index (κ3) is 4.14. The van der Waals surface area contributed by atoms with Crippen LogP contribution in [0.5, 0.6) is 0 Å². The molecule has 0 spiro atoms. The zero-order valence-electron chi connectivity index (χ0n) is 10.4. The monoisotopic (exact) mass is 314 g/mol. The van der Waals surface area contributed by atoms with Crippen molar-refractivity contribution in [1.82, 2.24) is 0 Å². The van der Waals surface area contributed by atoms with E-state index in [9.17, 15) is 9.59 Å². The summed E-state index contributed by atoms with van der Waals surface area (Å²) in [6.07, 6.45) is 0.680. The molecule has 0 aromatic heterocycles. The van der Waals surface area contributed by atoms with E-state index in [1.165, 1.54) is 7.11 Å². The SMILES string of the molecule is CCOC(=O)c1ccc(Br)cc1CCC(=O)OC. The average Bonchev–Trinajstić information content (AvgIpc) is 2.36. The van der Waals surface area contributed by atoms with E-state index in [4.69, 9.17) is 4.74 Å². The van der Waals surface area contributed by atoms with Gasteiger partial charge in [0, 0.05) is 10.9 Å². The second kappa shape index (κ2) is 7.16. The van der Waals surface area contributed by atoms with Gasteiger partial charge in [-0.15, -0.1) is 0 Å². The fraction of sp³-hybridized carbons (Fsp3) is 0.385. The Balaban J connectivity index is 2.89. The predicted octanol–water partition coefficient (Wildman–Crippen LogP) is 2.73. The maximum atomic E-state index is 11.7. The minimum atomic E-state index is -0.370. The van der Waals surface area contributed by atoms with E-state index in [0.29, 0.717) is 18.6 Å². The molecule has 0 N–H and O–H groups in total. The van der Waals surface area contributed by atoms with Gasteiger partial charge in [0.15, 0.2) is 0 Å². The molecule has 0 aliphatic carbocycles. The highest BCUT2D eigenvalue weighted by molar-refractivity contribution is 9.10. The van der Waals surface area contributed by atoms with E-state index in [0.717, 1.165) is 10.0 Å². The normalized spacial score (nSPS) is 9.94. The lowest BCUT2D eigenvalue weighted by molar-refractivity contribution is -0.140. The van der Waals surface area contributed by atoms with Gasteiger partial charge in [-0.25, -0.2) is 4.79 Å². The first-order chi connectivity index (χ1) is 8.58. The van der Waals surface area contributed by atoms with Gasteiger partial charge >= 0.3 is 11.9 Å². The summed E-state index contributed by atoms with van der Waals surface area (Å²) in [5.74, 6) is -0.672. The number of rotatable bonds is 5. The van der Waals surface area contributed by atoms with Crippen LogP contribution in [-0.2, 0) is 20.7 Å². The van der Waals surface area contributed by atoms with Crippen LogP contribution in [0.15, 0.2) is 22.7 Å². The summed E-state index contributed by atoms with van der Waals surface area (Å²) < 4.78 is 10.4. The Morgan fingerprint density at radius 2 is 2.06 bits per heavy atom. The van der Waals surface area contributed by atoms with Crippen molar-refractivity contribution in [3.63, 3.8) is 0 Å². The van der Waals surface area contributed by atoms with Crippen LogP contribution in [0.25, 0.3) is 0 Å². The van der Waals surface area contributed by atoms with Crippen LogP contribution >= 0.6 is 15.9 Å². The number of methoxy groups -OCH3 is 1.